The summed E-state index contributed by atoms with van der Waals surface area (Å²) in [7, 11) is 0. The number of aromatic nitrogens is 2. The number of hydrogen-bond donors (Lipinski definition) is 2. The van der Waals surface area contributed by atoms with Crippen molar-refractivity contribution in [2.24, 2.45) is 0 Å². The molecule has 0 radical (unpaired) electrons. The summed E-state index contributed by atoms with van der Waals surface area (Å²) in [6.45, 7) is 4.73. The predicted octanol–water partition coefficient (Wildman–Crippen LogP) is 3.88. The van der Waals surface area contributed by atoms with Crippen molar-refractivity contribution in [2.45, 2.75) is 26.8 Å². The van der Waals surface area contributed by atoms with Gasteiger partial charge in [0.25, 0.3) is 0 Å². The van der Waals surface area contributed by atoms with Crippen LogP contribution in [0.3, 0.4) is 0 Å². The van der Waals surface area contributed by atoms with Gasteiger partial charge in [0.2, 0.25) is 0 Å². The lowest BCUT2D eigenvalue weighted by molar-refractivity contribution is 0.475. The third-order valence-corrected chi connectivity index (χ3v) is 4.47. The van der Waals surface area contributed by atoms with Crippen LogP contribution < -0.4 is 5.32 Å². The van der Waals surface area contributed by atoms with Crippen molar-refractivity contribution in [3.63, 3.8) is 0 Å². The Bertz CT molecular complexity index is 765. The molecule has 0 aliphatic rings. The van der Waals surface area contributed by atoms with Crippen LogP contribution in [0.1, 0.15) is 23.2 Å². The van der Waals surface area contributed by atoms with Gasteiger partial charge in [0.15, 0.2) is 0 Å². The molecule has 4 nitrogen and oxygen atoms in total. The molecular formula is C16H17N3OS. The summed E-state index contributed by atoms with van der Waals surface area (Å²) in [5.74, 6) is 1.94. The van der Waals surface area contributed by atoms with Crippen LogP contribution in [-0.4, -0.2) is 15.1 Å². The predicted molar refractivity (Wildman–Crippen MR) is 87.0 cm³/mol. The molecule has 0 spiro atoms. The zero-order chi connectivity index (χ0) is 14.8. The molecule has 0 unspecified atom stereocenters. The van der Waals surface area contributed by atoms with E-state index in [1.165, 1.54) is 4.88 Å². The first kappa shape index (κ1) is 13.8. The zero-order valence-electron chi connectivity index (χ0n) is 12.1. The number of aryl methyl sites for hydroxylation is 2. The lowest BCUT2D eigenvalue weighted by Crippen LogP contribution is -2.03. The Morgan fingerprint density at radius 2 is 1.95 bits per heavy atom. The lowest BCUT2D eigenvalue weighted by atomic mass is 10.2. The first-order valence-electron chi connectivity index (χ1n) is 6.94. The number of thiophene rings is 1. The Morgan fingerprint density at radius 1 is 1.19 bits per heavy atom. The molecule has 1 aromatic carbocycles. The summed E-state index contributed by atoms with van der Waals surface area (Å²) in [5.41, 5.74) is 1.10. The number of phenolic OH excluding ortho intramolecular Hbond substituents is 1. The molecule has 2 N–H and O–H groups in total. The van der Waals surface area contributed by atoms with E-state index in [2.05, 4.69) is 28.3 Å². The fourth-order valence-electron chi connectivity index (χ4n) is 2.19. The topological polar surface area (TPSA) is 58.0 Å². The number of rotatable bonds is 4. The Labute approximate surface area is 127 Å². The quantitative estimate of drug-likeness (QED) is 0.767. The second kappa shape index (κ2) is 5.69. The summed E-state index contributed by atoms with van der Waals surface area (Å²) in [5, 5.41) is 13.8. The molecule has 0 aliphatic heterocycles. The number of phenols is 1. The third-order valence-electron chi connectivity index (χ3n) is 3.30. The van der Waals surface area contributed by atoms with Crippen LogP contribution in [0, 0.1) is 6.92 Å². The van der Waals surface area contributed by atoms with Gasteiger partial charge in [-0.05, 0) is 37.1 Å². The molecule has 0 bridgehead atoms. The molecule has 0 aliphatic carbocycles. The van der Waals surface area contributed by atoms with E-state index in [1.807, 2.05) is 19.1 Å². The van der Waals surface area contributed by atoms with Gasteiger partial charge in [-0.25, -0.2) is 9.97 Å². The first-order valence-corrected chi connectivity index (χ1v) is 7.76. The number of anilines is 1. The maximum absolute atomic E-state index is 9.31. The molecule has 0 fully saturated rings. The van der Waals surface area contributed by atoms with Crippen LogP contribution in [0.15, 0.2) is 30.3 Å². The minimum atomic E-state index is 0.282. The van der Waals surface area contributed by atoms with Crippen molar-refractivity contribution in [3.05, 3.63) is 46.6 Å². The monoisotopic (exact) mass is 299 g/mol. The number of nitrogens with one attached hydrogen (secondary N) is 1. The SMILES string of the molecule is CCc1cc2c(NCc3ccc(O)cc3)nc(C)nc2s1. The van der Waals surface area contributed by atoms with Gasteiger partial charge in [0, 0.05) is 11.4 Å². The van der Waals surface area contributed by atoms with Crippen molar-refractivity contribution in [3.8, 4) is 5.75 Å². The molecule has 2 aromatic heterocycles. The van der Waals surface area contributed by atoms with E-state index in [0.717, 1.165) is 33.8 Å². The maximum Gasteiger partial charge on any atom is 0.138 e. The van der Waals surface area contributed by atoms with Crippen molar-refractivity contribution in [2.75, 3.05) is 5.32 Å². The maximum atomic E-state index is 9.31. The van der Waals surface area contributed by atoms with Gasteiger partial charge >= 0.3 is 0 Å². The molecule has 5 heteroatoms. The highest BCUT2D eigenvalue weighted by Crippen LogP contribution is 2.29. The highest BCUT2D eigenvalue weighted by atomic mass is 32.1. The second-order valence-corrected chi connectivity index (χ2v) is 6.04. The average Bonchev–Trinajstić information content (AvgIpc) is 2.89. The lowest BCUT2D eigenvalue weighted by Gasteiger charge is -2.07. The van der Waals surface area contributed by atoms with E-state index in [4.69, 9.17) is 0 Å². The smallest absolute Gasteiger partial charge is 0.138 e. The van der Waals surface area contributed by atoms with Crippen LogP contribution >= 0.6 is 11.3 Å². The molecule has 3 aromatic rings. The van der Waals surface area contributed by atoms with Crippen LogP contribution in [-0.2, 0) is 13.0 Å². The van der Waals surface area contributed by atoms with Crippen molar-refractivity contribution < 1.29 is 5.11 Å². The van der Waals surface area contributed by atoms with Crippen molar-refractivity contribution >= 4 is 27.4 Å². The largest absolute Gasteiger partial charge is 0.508 e. The van der Waals surface area contributed by atoms with E-state index in [1.54, 1.807) is 23.5 Å². The van der Waals surface area contributed by atoms with Gasteiger partial charge in [0.1, 0.15) is 22.2 Å². The molecule has 2 heterocycles. The number of fused-ring (bicyclic) bond motifs is 1. The van der Waals surface area contributed by atoms with E-state index >= 15 is 0 Å². The summed E-state index contributed by atoms with van der Waals surface area (Å²) < 4.78 is 0. The molecule has 0 atom stereocenters. The van der Waals surface area contributed by atoms with Gasteiger partial charge in [-0.3, -0.25) is 0 Å². The number of nitrogens with zero attached hydrogens (tertiary/aromatic N) is 2. The molecule has 3 rings (SSSR count). The highest BCUT2D eigenvalue weighted by molar-refractivity contribution is 7.18. The summed E-state index contributed by atoms with van der Waals surface area (Å²) in [4.78, 5) is 11.4. The Morgan fingerprint density at radius 3 is 2.67 bits per heavy atom. The van der Waals surface area contributed by atoms with Gasteiger partial charge < -0.3 is 10.4 Å². The Balaban J connectivity index is 1.88. The van der Waals surface area contributed by atoms with Crippen molar-refractivity contribution in [1.29, 1.82) is 0 Å². The fraction of sp³-hybridized carbons (Fsp3) is 0.250. The molecule has 108 valence electrons. The average molecular weight is 299 g/mol. The first-order chi connectivity index (χ1) is 10.2. The summed E-state index contributed by atoms with van der Waals surface area (Å²) in [6.07, 6.45) is 1.01. The van der Waals surface area contributed by atoms with E-state index in [0.29, 0.717) is 6.54 Å². The summed E-state index contributed by atoms with van der Waals surface area (Å²) >= 11 is 1.73. The van der Waals surface area contributed by atoms with E-state index in [9.17, 15) is 5.11 Å². The molecule has 21 heavy (non-hydrogen) atoms. The van der Waals surface area contributed by atoms with E-state index < -0.39 is 0 Å². The van der Waals surface area contributed by atoms with Gasteiger partial charge in [-0.2, -0.15) is 0 Å². The molecule has 0 saturated heterocycles. The Hall–Kier alpha value is -2.14. The Kier molecular flexibility index (Phi) is 3.75. The van der Waals surface area contributed by atoms with Gasteiger partial charge in [-0.1, -0.05) is 19.1 Å². The molecule has 0 amide bonds. The van der Waals surface area contributed by atoms with E-state index in [-0.39, 0.29) is 5.75 Å². The van der Waals surface area contributed by atoms with Gasteiger partial charge in [-0.15, -0.1) is 11.3 Å². The fourth-order valence-corrected chi connectivity index (χ4v) is 3.20. The molecule has 0 saturated carbocycles. The van der Waals surface area contributed by atoms with Crippen LogP contribution in [0.25, 0.3) is 10.2 Å². The number of aromatic hydroxyl groups is 1. The van der Waals surface area contributed by atoms with Crippen LogP contribution in [0.4, 0.5) is 5.82 Å². The normalized spacial score (nSPS) is 11.0. The standard InChI is InChI=1S/C16H17N3OS/c1-3-13-8-14-15(18-10(2)19-16(14)21-13)17-9-11-4-6-12(20)7-5-11/h4-8,20H,3,9H2,1-2H3,(H,17,18,19). The van der Waals surface area contributed by atoms with Crippen LogP contribution in [0.5, 0.6) is 5.75 Å². The zero-order valence-corrected chi connectivity index (χ0v) is 12.9. The number of benzene rings is 1. The summed E-state index contributed by atoms with van der Waals surface area (Å²) in [6, 6.07) is 9.35. The highest BCUT2D eigenvalue weighted by Gasteiger charge is 2.09. The minimum absolute atomic E-state index is 0.282. The second-order valence-electron chi connectivity index (χ2n) is 4.92. The number of hydrogen-bond acceptors (Lipinski definition) is 5. The van der Waals surface area contributed by atoms with Crippen LogP contribution in [0.2, 0.25) is 0 Å². The van der Waals surface area contributed by atoms with Crippen molar-refractivity contribution in [1.82, 2.24) is 9.97 Å². The van der Waals surface area contributed by atoms with Gasteiger partial charge in [0.05, 0.1) is 5.39 Å². The third kappa shape index (κ3) is 2.97. The minimum Gasteiger partial charge on any atom is -0.508 e. The molecular weight excluding hydrogens is 282 g/mol.